The quantitative estimate of drug-likeness (QED) is 0.838. The topological polar surface area (TPSA) is 66.1 Å². The van der Waals surface area contributed by atoms with E-state index in [2.05, 4.69) is 10.2 Å². The molecular formula is C15H23N3O2. The van der Waals surface area contributed by atoms with Gasteiger partial charge in [-0.3, -0.25) is 19.6 Å². The van der Waals surface area contributed by atoms with Gasteiger partial charge < -0.3 is 0 Å². The van der Waals surface area contributed by atoms with Crippen molar-refractivity contribution < 1.29 is 9.59 Å². The lowest BCUT2D eigenvalue weighted by molar-refractivity contribution is -0.142. The number of rotatable bonds is 5. The molecule has 1 aliphatic heterocycles. The number of amides is 2. The molecule has 0 bridgehead atoms. The minimum absolute atomic E-state index is 0.0126. The lowest BCUT2D eigenvalue weighted by Crippen LogP contribution is -2.37. The zero-order valence-electron chi connectivity index (χ0n) is 12.7. The number of aromatic nitrogens is 2. The predicted molar refractivity (Wildman–Crippen MR) is 75.9 cm³/mol. The van der Waals surface area contributed by atoms with E-state index in [0.717, 1.165) is 24.1 Å². The normalized spacial score (nSPS) is 23.1. The molecule has 1 aromatic heterocycles. The van der Waals surface area contributed by atoms with Crippen LogP contribution in [-0.2, 0) is 16.0 Å². The number of imide groups is 1. The minimum atomic E-state index is -0.525. The third-order valence-corrected chi connectivity index (χ3v) is 4.59. The molecule has 0 radical (unpaired) electrons. The molecule has 1 unspecified atom stereocenters. The first kappa shape index (κ1) is 14.8. The Balaban J connectivity index is 1.95. The predicted octanol–water partition coefficient (Wildman–Crippen LogP) is 2.07. The Hall–Kier alpha value is -1.65. The highest BCUT2D eigenvalue weighted by Crippen LogP contribution is 2.39. The standard InChI is InChI=1S/C15H23N3O2/c1-10(2)15(4)8-13(19)18(14(15)20)7-5-6-12-9-16-17-11(12)3/h9-10H,5-8H2,1-4H3,(H,16,17). The van der Waals surface area contributed by atoms with Gasteiger partial charge in [0.15, 0.2) is 0 Å². The first-order valence-electron chi connectivity index (χ1n) is 7.20. The van der Waals surface area contributed by atoms with E-state index in [1.165, 1.54) is 4.90 Å². The second kappa shape index (κ2) is 5.38. The number of nitrogens with one attached hydrogen (secondary N) is 1. The van der Waals surface area contributed by atoms with E-state index in [1.54, 1.807) is 6.20 Å². The number of hydrogen-bond acceptors (Lipinski definition) is 3. The summed E-state index contributed by atoms with van der Waals surface area (Å²) in [5, 5.41) is 6.87. The molecule has 1 atom stereocenters. The number of carbonyl (C=O) groups is 2. The maximum Gasteiger partial charge on any atom is 0.235 e. The maximum absolute atomic E-state index is 12.4. The molecule has 2 rings (SSSR count). The van der Waals surface area contributed by atoms with Gasteiger partial charge in [0.1, 0.15) is 0 Å². The van der Waals surface area contributed by atoms with Gasteiger partial charge in [0, 0.05) is 18.7 Å². The van der Waals surface area contributed by atoms with E-state index < -0.39 is 5.41 Å². The van der Waals surface area contributed by atoms with Gasteiger partial charge in [-0.25, -0.2) is 0 Å². The van der Waals surface area contributed by atoms with E-state index >= 15 is 0 Å². The zero-order valence-corrected chi connectivity index (χ0v) is 12.7. The van der Waals surface area contributed by atoms with Crippen LogP contribution in [-0.4, -0.2) is 33.5 Å². The molecule has 2 heterocycles. The van der Waals surface area contributed by atoms with E-state index in [9.17, 15) is 9.59 Å². The summed E-state index contributed by atoms with van der Waals surface area (Å²) in [6.45, 7) is 8.39. The summed E-state index contributed by atoms with van der Waals surface area (Å²) in [7, 11) is 0. The second-order valence-electron chi connectivity index (χ2n) is 6.22. The second-order valence-corrected chi connectivity index (χ2v) is 6.22. The molecule has 1 fully saturated rings. The first-order valence-corrected chi connectivity index (χ1v) is 7.20. The monoisotopic (exact) mass is 277 g/mol. The Labute approximate surface area is 119 Å². The number of aryl methyl sites for hydroxylation is 2. The van der Waals surface area contributed by atoms with Crippen LogP contribution >= 0.6 is 0 Å². The molecule has 0 aromatic carbocycles. The average Bonchev–Trinajstić information content (AvgIpc) is 2.87. The van der Waals surface area contributed by atoms with Crippen LogP contribution in [0.5, 0.6) is 0 Å². The number of nitrogens with zero attached hydrogens (tertiary/aromatic N) is 2. The molecule has 5 nitrogen and oxygen atoms in total. The number of hydrogen-bond donors (Lipinski definition) is 1. The molecule has 0 spiro atoms. The van der Waals surface area contributed by atoms with Gasteiger partial charge in [0.25, 0.3) is 0 Å². The van der Waals surface area contributed by atoms with Crippen molar-refractivity contribution in [1.82, 2.24) is 15.1 Å². The summed E-state index contributed by atoms with van der Waals surface area (Å²) in [5.74, 6) is 0.136. The minimum Gasteiger partial charge on any atom is -0.283 e. The molecule has 1 aromatic rings. The fourth-order valence-corrected chi connectivity index (χ4v) is 2.64. The van der Waals surface area contributed by atoms with Crippen molar-refractivity contribution in [2.45, 2.75) is 47.0 Å². The fraction of sp³-hybridized carbons (Fsp3) is 0.667. The third kappa shape index (κ3) is 2.49. The molecule has 1 saturated heterocycles. The third-order valence-electron chi connectivity index (χ3n) is 4.59. The summed E-state index contributed by atoms with van der Waals surface area (Å²) in [4.78, 5) is 25.9. The molecule has 5 heteroatoms. The van der Waals surface area contributed by atoms with Gasteiger partial charge >= 0.3 is 0 Å². The van der Waals surface area contributed by atoms with Crippen LogP contribution in [0.2, 0.25) is 0 Å². The van der Waals surface area contributed by atoms with Crippen LogP contribution in [0.4, 0.5) is 0 Å². The summed E-state index contributed by atoms with van der Waals surface area (Å²) in [6, 6.07) is 0. The summed E-state index contributed by atoms with van der Waals surface area (Å²) >= 11 is 0. The van der Waals surface area contributed by atoms with Crippen LogP contribution in [0.3, 0.4) is 0 Å². The Morgan fingerprint density at radius 1 is 1.45 bits per heavy atom. The van der Waals surface area contributed by atoms with Crippen LogP contribution in [0.25, 0.3) is 0 Å². The Morgan fingerprint density at radius 3 is 2.65 bits per heavy atom. The van der Waals surface area contributed by atoms with Gasteiger partial charge in [0.05, 0.1) is 11.6 Å². The van der Waals surface area contributed by atoms with Crippen molar-refractivity contribution in [2.75, 3.05) is 6.54 Å². The lowest BCUT2D eigenvalue weighted by atomic mass is 9.78. The molecule has 110 valence electrons. The van der Waals surface area contributed by atoms with Crippen LogP contribution < -0.4 is 0 Å². The van der Waals surface area contributed by atoms with Gasteiger partial charge in [0.2, 0.25) is 11.8 Å². The van der Waals surface area contributed by atoms with E-state index in [-0.39, 0.29) is 17.7 Å². The summed E-state index contributed by atoms with van der Waals surface area (Å²) < 4.78 is 0. The average molecular weight is 277 g/mol. The number of aromatic amines is 1. The SMILES string of the molecule is Cc1[nH]ncc1CCCN1C(=O)CC(C)(C(C)C)C1=O. The number of H-pyrrole nitrogens is 1. The molecule has 0 aliphatic carbocycles. The molecule has 2 amide bonds. The fourth-order valence-electron chi connectivity index (χ4n) is 2.64. The van der Waals surface area contributed by atoms with Gasteiger partial charge in [-0.2, -0.15) is 5.10 Å². The van der Waals surface area contributed by atoms with Crippen molar-refractivity contribution in [2.24, 2.45) is 11.3 Å². The molecular weight excluding hydrogens is 254 g/mol. The smallest absolute Gasteiger partial charge is 0.235 e. The van der Waals surface area contributed by atoms with E-state index in [4.69, 9.17) is 0 Å². The molecule has 0 saturated carbocycles. The van der Waals surface area contributed by atoms with Crippen molar-refractivity contribution >= 4 is 11.8 Å². The van der Waals surface area contributed by atoms with E-state index in [0.29, 0.717) is 13.0 Å². The van der Waals surface area contributed by atoms with Gasteiger partial charge in [-0.05, 0) is 38.2 Å². The first-order chi connectivity index (χ1) is 9.36. The van der Waals surface area contributed by atoms with Crippen molar-refractivity contribution in [3.63, 3.8) is 0 Å². The molecule has 1 aliphatic rings. The number of likely N-dealkylation sites (tertiary alicyclic amines) is 1. The van der Waals surface area contributed by atoms with E-state index in [1.807, 2.05) is 27.7 Å². The summed E-state index contributed by atoms with van der Waals surface area (Å²) in [6.07, 6.45) is 3.76. The molecule has 20 heavy (non-hydrogen) atoms. The number of carbonyl (C=O) groups excluding carboxylic acids is 2. The highest BCUT2D eigenvalue weighted by Gasteiger charge is 2.49. The highest BCUT2D eigenvalue weighted by molar-refractivity contribution is 6.05. The maximum atomic E-state index is 12.4. The molecule has 1 N–H and O–H groups in total. The van der Waals surface area contributed by atoms with Gasteiger partial charge in [-0.15, -0.1) is 0 Å². The Kier molecular flexibility index (Phi) is 3.97. The van der Waals surface area contributed by atoms with Crippen LogP contribution in [0.1, 0.15) is 44.9 Å². The van der Waals surface area contributed by atoms with Crippen molar-refractivity contribution in [1.29, 1.82) is 0 Å². The van der Waals surface area contributed by atoms with Crippen LogP contribution in [0.15, 0.2) is 6.20 Å². The van der Waals surface area contributed by atoms with Crippen LogP contribution in [0, 0.1) is 18.3 Å². The zero-order chi connectivity index (χ0) is 14.9. The van der Waals surface area contributed by atoms with Crippen molar-refractivity contribution in [3.8, 4) is 0 Å². The van der Waals surface area contributed by atoms with Gasteiger partial charge in [-0.1, -0.05) is 13.8 Å². The lowest BCUT2D eigenvalue weighted by Gasteiger charge is -2.26. The Bertz CT molecular complexity index is 521. The van der Waals surface area contributed by atoms with Crippen molar-refractivity contribution in [3.05, 3.63) is 17.5 Å². The highest BCUT2D eigenvalue weighted by atomic mass is 16.2. The Morgan fingerprint density at radius 2 is 2.15 bits per heavy atom. The summed E-state index contributed by atoms with van der Waals surface area (Å²) in [5.41, 5.74) is 1.68. The largest absolute Gasteiger partial charge is 0.283 e.